The molecule has 0 saturated carbocycles. The number of hydrogen-bond acceptors (Lipinski definition) is 5. The second-order valence-corrected chi connectivity index (χ2v) is 9.94. The Morgan fingerprint density at radius 2 is 1.85 bits per heavy atom. The summed E-state index contributed by atoms with van der Waals surface area (Å²) in [5, 5.41) is 3.15. The Morgan fingerprint density at radius 3 is 2.42 bits per heavy atom. The molecule has 0 unspecified atom stereocenters. The van der Waals surface area contributed by atoms with Crippen LogP contribution in [0.3, 0.4) is 0 Å². The van der Waals surface area contributed by atoms with Gasteiger partial charge in [0, 0.05) is 18.1 Å². The zero-order chi connectivity index (χ0) is 24.8. The lowest BCUT2D eigenvalue weighted by Gasteiger charge is -2.32. The van der Waals surface area contributed by atoms with E-state index >= 15 is 0 Å². The molecular formula is C23H30ClN3O5S. The molecule has 0 aliphatic carbocycles. The first kappa shape index (κ1) is 26.5. The molecular weight excluding hydrogens is 466 g/mol. The van der Waals surface area contributed by atoms with E-state index in [0.29, 0.717) is 22.9 Å². The fraction of sp³-hybridized carbons (Fsp3) is 0.391. The number of carbonyl (C=O) groups is 2. The van der Waals surface area contributed by atoms with Gasteiger partial charge in [0.1, 0.15) is 18.3 Å². The number of rotatable bonds is 10. The van der Waals surface area contributed by atoms with Gasteiger partial charge in [-0.2, -0.15) is 0 Å². The van der Waals surface area contributed by atoms with Gasteiger partial charge in [-0.3, -0.25) is 13.9 Å². The maximum atomic E-state index is 13.5. The molecule has 0 fully saturated rings. The molecule has 2 amide bonds. The number of anilines is 1. The van der Waals surface area contributed by atoms with E-state index in [2.05, 4.69) is 5.32 Å². The summed E-state index contributed by atoms with van der Waals surface area (Å²) in [5.41, 5.74) is 1.69. The fourth-order valence-corrected chi connectivity index (χ4v) is 4.34. The van der Waals surface area contributed by atoms with Crippen molar-refractivity contribution in [2.75, 3.05) is 30.8 Å². The quantitative estimate of drug-likeness (QED) is 0.546. The standard InChI is InChI=1S/C23H30ClN3O5S/c1-6-25-23(29)17(3)26(14-18-9-7-8-10-19(18)24)22(28)15-27(33(5,30)31)20-13-16(2)11-12-21(20)32-4/h7-13,17H,6,14-15H2,1-5H3,(H,25,29)/t17-/m0/s1. The molecule has 2 aromatic carbocycles. The van der Waals surface area contributed by atoms with E-state index in [1.54, 1.807) is 56.3 Å². The van der Waals surface area contributed by atoms with Gasteiger partial charge in [-0.25, -0.2) is 8.42 Å². The normalized spacial score (nSPS) is 12.1. The highest BCUT2D eigenvalue weighted by Gasteiger charge is 2.31. The average Bonchev–Trinajstić information content (AvgIpc) is 2.75. The molecule has 1 atom stereocenters. The number of carbonyl (C=O) groups excluding carboxylic acids is 2. The van der Waals surface area contributed by atoms with E-state index in [1.807, 2.05) is 6.92 Å². The van der Waals surface area contributed by atoms with Gasteiger partial charge in [0.2, 0.25) is 21.8 Å². The number of halogens is 1. The molecule has 0 saturated heterocycles. The third-order valence-electron chi connectivity index (χ3n) is 5.10. The molecule has 0 radical (unpaired) electrons. The van der Waals surface area contributed by atoms with Gasteiger partial charge in [-0.15, -0.1) is 0 Å². The second kappa shape index (κ2) is 11.4. The summed E-state index contributed by atoms with van der Waals surface area (Å²) in [6.07, 6.45) is 1.02. The Hall–Kier alpha value is -2.78. The minimum atomic E-state index is -3.85. The van der Waals surface area contributed by atoms with Crippen molar-refractivity contribution in [3.63, 3.8) is 0 Å². The molecule has 8 nitrogen and oxygen atoms in total. The van der Waals surface area contributed by atoms with Crippen LogP contribution in [0.1, 0.15) is 25.0 Å². The lowest BCUT2D eigenvalue weighted by Crippen LogP contribution is -2.51. The minimum absolute atomic E-state index is 0.0410. The largest absolute Gasteiger partial charge is 0.495 e. The van der Waals surface area contributed by atoms with Crippen molar-refractivity contribution in [1.29, 1.82) is 0 Å². The average molecular weight is 496 g/mol. The van der Waals surface area contributed by atoms with E-state index in [0.717, 1.165) is 16.1 Å². The highest BCUT2D eigenvalue weighted by atomic mass is 35.5. The molecule has 0 spiro atoms. The number of aryl methyl sites for hydroxylation is 1. The number of nitrogens with one attached hydrogen (secondary N) is 1. The fourth-order valence-electron chi connectivity index (χ4n) is 3.30. The van der Waals surface area contributed by atoms with Crippen LogP contribution in [0.15, 0.2) is 42.5 Å². The summed E-state index contributed by atoms with van der Waals surface area (Å²) in [6.45, 7) is 5.11. The maximum Gasteiger partial charge on any atom is 0.244 e. The molecule has 0 aromatic heterocycles. The second-order valence-electron chi connectivity index (χ2n) is 7.63. The molecule has 10 heteroatoms. The molecule has 2 rings (SSSR count). The van der Waals surface area contributed by atoms with Crippen LogP contribution in [0.2, 0.25) is 5.02 Å². The lowest BCUT2D eigenvalue weighted by molar-refractivity contribution is -0.139. The van der Waals surface area contributed by atoms with Gasteiger partial charge in [-0.05, 0) is 50.1 Å². The van der Waals surface area contributed by atoms with E-state index < -0.39 is 28.5 Å². The van der Waals surface area contributed by atoms with Gasteiger partial charge in [0.15, 0.2) is 0 Å². The maximum absolute atomic E-state index is 13.5. The molecule has 180 valence electrons. The number of nitrogens with zero attached hydrogens (tertiary/aromatic N) is 2. The smallest absolute Gasteiger partial charge is 0.244 e. The zero-order valence-corrected chi connectivity index (χ0v) is 21.0. The van der Waals surface area contributed by atoms with Crippen LogP contribution in [0.25, 0.3) is 0 Å². The molecule has 2 aromatic rings. The van der Waals surface area contributed by atoms with Crippen LogP contribution in [0.4, 0.5) is 5.69 Å². The summed E-state index contributed by atoms with van der Waals surface area (Å²) in [4.78, 5) is 27.4. The third-order valence-corrected chi connectivity index (χ3v) is 6.59. The Kier molecular flexibility index (Phi) is 9.13. The predicted octanol–water partition coefficient (Wildman–Crippen LogP) is 2.98. The summed E-state index contributed by atoms with van der Waals surface area (Å²) in [6, 6.07) is 11.2. The minimum Gasteiger partial charge on any atom is -0.495 e. The van der Waals surface area contributed by atoms with Crippen molar-refractivity contribution < 1.29 is 22.7 Å². The van der Waals surface area contributed by atoms with Crippen LogP contribution in [0.5, 0.6) is 5.75 Å². The Morgan fingerprint density at radius 1 is 1.18 bits per heavy atom. The van der Waals surface area contributed by atoms with E-state index in [9.17, 15) is 18.0 Å². The SMILES string of the molecule is CCNC(=O)[C@H](C)N(Cc1ccccc1Cl)C(=O)CN(c1cc(C)ccc1OC)S(C)(=O)=O. The van der Waals surface area contributed by atoms with Crippen molar-refractivity contribution in [3.05, 3.63) is 58.6 Å². The Bertz CT molecular complexity index is 1110. The van der Waals surface area contributed by atoms with Crippen molar-refractivity contribution in [1.82, 2.24) is 10.2 Å². The summed E-state index contributed by atoms with van der Waals surface area (Å²) < 4.78 is 31.7. The van der Waals surface area contributed by atoms with E-state index in [-0.39, 0.29) is 18.1 Å². The summed E-state index contributed by atoms with van der Waals surface area (Å²) in [5.74, 6) is -0.590. The number of sulfonamides is 1. The number of benzene rings is 2. The molecule has 33 heavy (non-hydrogen) atoms. The van der Waals surface area contributed by atoms with Crippen molar-refractivity contribution in [3.8, 4) is 5.75 Å². The Labute approximate surface area is 200 Å². The predicted molar refractivity (Wildman–Crippen MR) is 130 cm³/mol. The van der Waals surface area contributed by atoms with Crippen LogP contribution in [0, 0.1) is 6.92 Å². The molecule has 0 aliphatic rings. The number of amides is 2. The summed E-state index contributed by atoms with van der Waals surface area (Å²) in [7, 11) is -2.43. The number of likely N-dealkylation sites (N-methyl/N-ethyl adjacent to an activating group) is 1. The van der Waals surface area contributed by atoms with Crippen molar-refractivity contribution in [2.45, 2.75) is 33.4 Å². The monoisotopic (exact) mass is 495 g/mol. The topological polar surface area (TPSA) is 96.0 Å². The van der Waals surface area contributed by atoms with Crippen LogP contribution in [-0.2, 0) is 26.2 Å². The third kappa shape index (κ3) is 6.85. The van der Waals surface area contributed by atoms with Gasteiger partial charge in [0.05, 0.1) is 19.1 Å². The van der Waals surface area contributed by atoms with E-state index in [1.165, 1.54) is 12.0 Å². The van der Waals surface area contributed by atoms with Crippen LogP contribution < -0.4 is 14.4 Å². The highest BCUT2D eigenvalue weighted by molar-refractivity contribution is 7.92. The molecule has 0 heterocycles. The highest BCUT2D eigenvalue weighted by Crippen LogP contribution is 2.31. The van der Waals surface area contributed by atoms with Crippen LogP contribution in [-0.4, -0.2) is 57.6 Å². The molecule has 0 aliphatic heterocycles. The Balaban J connectivity index is 2.47. The first-order chi connectivity index (χ1) is 15.5. The molecule has 1 N–H and O–H groups in total. The van der Waals surface area contributed by atoms with Gasteiger partial charge < -0.3 is 15.0 Å². The number of ether oxygens (including phenoxy) is 1. The summed E-state index contributed by atoms with van der Waals surface area (Å²) >= 11 is 6.29. The van der Waals surface area contributed by atoms with Gasteiger partial charge >= 0.3 is 0 Å². The van der Waals surface area contributed by atoms with Crippen molar-refractivity contribution in [2.24, 2.45) is 0 Å². The first-order valence-corrected chi connectivity index (χ1v) is 12.6. The van der Waals surface area contributed by atoms with Crippen LogP contribution >= 0.6 is 11.6 Å². The first-order valence-electron chi connectivity index (χ1n) is 10.4. The van der Waals surface area contributed by atoms with Crippen molar-refractivity contribution >= 4 is 39.1 Å². The lowest BCUT2D eigenvalue weighted by atomic mass is 10.1. The zero-order valence-electron chi connectivity index (χ0n) is 19.5. The van der Waals surface area contributed by atoms with E-state index in [4.69, 9.17) is 16.3 Å². The van der Waals surface area contributed by atoms with Gasteiger partial charge in [0.25, 0.3) is 0 Å². The molecule has 0 bridgehead atoms. The number of hydrogen-bond donors (Lipinski definition) is 1. The number of methoxy groups -OCH3 is 1. The van der Waals surface area contributed by atoms with Gasteiger partial charge in [-0.1, -0.05) is 35.9 Å².